The number of ether oxygens (including phenoxy) is 1. The van der Waals surface area contributed by atoms with Crippen LogP contribution >= 0.6 is 15.9 Å². The molecule has 0 aliphatic rings. The second-order valence-electron chi connectivity index (χ2n) is 2.03. The number of methoxy groups -OCH3 is 1. The first-order valence-corrected chi connectivity index (χ1v) is 3.75. The summed E-state index contributed by atoms with van der Waals surface area (Å²) in [6.45, 7) is 1.99. The van der Waals surface area contributed by atoms with Crippen molar-refractivity contribution in [3.63, 3.8) is 0 Å². The van der Waals surface area contributed by atoms with Crippen molar-refractivity contribution in [2.24, 2.45) is 0 Å². The topological polar surface area (TPSA) is 9.23 Å². The number of rotatable bonds is 1. The summed E-state index contributed by atoms with van der Waals surface area (Å²) in [6.07, 6.45) is 0. The Morgan fingerprint density at radius 3 is 2.80 bits per heavy atom. The van der Waals surface area contributed by atoms with Gasteiger partial charge in [-0.1, -0.05) is 0 Å². The lowest BCUT2D eigenvalue weighted by Gasteiger charge is -2.01. The van der Waals surface area contributed by atoms with E-state index in [9.17, 15) is 0 Å². The van der Waals surface area contributed by atoms with E-state index in [0.29, 0.717) is 0 Å². The molecule has 1 radical (unpaired) electrons. The number of aryl methyl sites for hydroxylation is 1. The Morgan fingerprint density at radius 2 is 2.30 bits per heavy atom. The molecule has 2 heteroatoms. The second-order valence-corrected chi connectivity index (χ2v) is 2.89. The van der Waals surface area contributed by atoms with E-state index in [0.717, 1.165) is 15.8 Å². The van der Waals surface area contributed by atoms with Gasteiger partial charge in [0.05, 0.1) is 11.6 Å². The lowest BCUT2D eigenvalue weighted by molar-refractivity contribution is 0.412. The van der Waals surface area contributed by atoms with Crippen molar-refractivity contribution in [1.82, 2.24) is 0 Å². The van der Waals surface area contributed by atoms with E-state index in [1.807, 2.05) is 19.1 Å². The van der Waals surface area contributed by atoms with Crippen LogP contribution in [0.2, 0.25) is 0 Å². The molecule has 0 heterocycles. The average molecular weight is 200 g/mol. The van der Waals surface area contributed by atoms with Crippen LogP contribution in [0.3, 0.4) is 0 Å². The predicted octanol–water partition coefficient (Wildman–Crippen LogP) is 2.57. The third kappa shape index (κ3) is 1.51. The first-order valence-electron chi connectivity index (χ1n) is 2.96. The van der Waals surface area contributed by atoms with E-state index < -0.39 is 0 Å². The van der Waals surface area contributed by atoms with Gasteiger partial charge in [-0.2, -0.15) is 0 Å². The van der Waals surface area contributed by atoms with E-state index in [1.54, 1.807) is 7.11 Å². The minimum Gasteiger partial charge on any atom is -0.496 e. The molecule has 10 heavy (non-hydrogen) atoms. The molecule has 0 aliphatic heterocycles. The van der Waals surface area contributed by atoms with Crippen molar-refractivity contribution >= 4 is 15.9 Å². The van der Waals surface area contributed by atoms with Crippen LogP contribution in [0.5, 0.6) is 5.75 Å². The smallest absolute Gasteiger partial charge is 0.133 e. The first-order chi connectivity index (χ1) is 4.74. The molecule has 1 rings (SSSR count). The number of hydrogen-bond donors (Lipinski definition) is 0. The van der Waals surface area contributed by atoms with Crippen LogP contribution in [0.25, 0.3) is 0 Å². The van der Waals surface area contributed by atoms with Gasteiger partial charge in [-0.05, 0) is 46.6 Å². The normalized spacial score (nSPS) is 9.50. The van der Waals surface area contributed by atoms with Crippen LogP contribution in [-0.4, -0.2) is 7.11 Å². The first kappa shape index (κ1) is 7.61. The van der Waals surface area contributed by atoms with Gasteiger partial charge >= 0.3 is 0 Å². The van der Waals surface area contributed by atoms with Gasteiger partial charge in [0.15, 0.2) is 0 Å². The SMILES string of the molecule is COc1c[c]c(C)cc1Br. The molecule has 1 nitrogen and oxygen atoms in total. The number of hydrogen-bond acceptors (Lipinski definition) is 1. The molecule has 1 aromatic carbocycles. The highest BCUT2D eigenvalue weighted by atomic mass is 79.9. The summed E-state index contributed by atoms with van der Waals surface area (Å²) >= 11 is 3.36. The quantitative estimate of drug-likeness (QED) is 0.676. The van der Waals surface area contributed by atoms with Crippen molar-refractivity contribution < 1.29 is 4.74 Å². The zero-order valence-corrected chi connectivity index (χ0v) is 7.53. The Hall–Kier alpha value is -0.500. The standard InChI is InChI=1S/C8H8BrO/c1-6-3-4-8(10-2)7(9)5-6/h4-5H,1-2H3. The fourth-order valence-corrected chi connectivity index (χ4v) is 1.33. The Bertz CT molecular complexity index is 233. The van der Waals surface area contributed by atoms with Gasteiger partial charge in [0.1, 0.15) is 5.75 Å². The molecular formula is C8H8BrO. The van der Waals surface area contributed by atoms with Crippen LogP contribution in [-0.2, 0) is 0 Å². The van der Waals surface area contributed by atoms with Gasteiger partial charge in [0.25, 0.3) is 0 Å². The Morgan fingerprint density at radius 1 is 1.60 bits per heavy atom. The summed E-state index contributed by atoms with van der Waals surface area (Å²) in [6, 6.07) is 6.83. The van der Waals surface area contributed by atoms with Crippen molar-refractivity contribution in [2.75, 3.05) is 7.11 Å². The van der Waals surface area contributed by atoms with Crippen molar-refractivity contribution in [3.05, 3.63) is 28.2 Å². The number of benzene rings is 1. The molecule has 0 saturated carbocycles. The molecule has 0 fully saturated rings. The molecule has 1 aromatic rings. The molecule has 0 spiro atoms. The summed E-state index contributed by atoms with van der Waals surface area (Å²) in [5.74, 6) is 0.825. The zero-order valence-electron chi connectivity index (χ0n) is 5.94. The Labute approximate surface area is 69.1 Å². The van der Waals surface area contributed by atoms with Crippen LogP contribution in [0, 0.1) is 13.0 Å². The van der Waals surface area contributed by atoms with E-state index in [4.69, 9.17) is 4.74 Å². The highest BCUT2D eigenvalue weighted by Gasteiger charge is 1.97. The van der Waals surface area contributed by atoms with Crippen LogP contribution in [0.15, 0.2) is 16.6 Å². The van der Waals surface area contributed by atoms with Gasteiger partial charge in [0.2, 0.25) is 0 Å². The fraction of sp³-hybridized carbons (Fsp3) is 0.250. The Balaban J connectivity index is 3.07. The molecule has 0 amide bonds. The van der Waals surface area contributed by atoms with Crippen LogP contribution < -0.4 is 4.74 Å². The third-order valence-electron chi connectivity index (χ3n) is 1.23. The summed E-state index contributed by atoms with van der Waals surface area (Å²) in [4.78, 5) is 0. The van der Waals surface area contributed by atoms with Crippen molar-refractivity contribution in [1.29, 1.82) is 0 Å². The van der Waals surface area contributed by atoms with E-state index in [-0.39, 0.29) is 0 Å². The average Bonchev–Trinajstić information content (AvgIpc) is 1.88. The molecule has 0 aliphatic carbocycles. The maximum Gasteiger partial charge on any atom is 0.133 e. The summed E-state index contributed by atoms with van der Waals surface area (Å²) < 4.78 is 6.00. The molecule has 0 unspecified atom stereocenters. The molecular weight excluding hydrogens is 192 g/mol. The molecule has 53 valence electrons. The van der Waals surface area contributed by atoms with Gasteiger partial charge in [-0.25, -0.2) is 0 Å². The van der Waals surface area contributed by atoms with Gasteiger partial charge < -0.3 is 4.74 Å². The van der Waals surface area contributed by atoms with Crippen molar-refractivity contribution in [2.45, 2.75) is 6.92 Å². The zero-order chi connectivity index (χ0) is 7.56. The van der Waals surface area contributed by atoms with Gasteiger partial charge in [0, 0.05) is 0 Å². The molecule has 0 saturated heterocycles. The largest absolute Gasteiger partial charge is 0.496 e. The monoisotopic (exact) mass is 199 g/mol. The molecule has 0 bridgehead atoms. The minimum atomic E-state index is 0.825. The third-order valence-corrected chi connectivity index (χ3v) is 1.85. The predicted molar refractivity (Wildman–Crippen MR) is 44.3 cm³/mol. The maximum atomic E-state index is 5.02. The van der Waals surface area contributed by atoms with Crippen molar-refractivity contribution in [3.8, 4) is 5.75 Å². The van der Waals surface area contributed by atoms with Crippen LogP contribution in [0.1, 0.15) is 5.56 Å². The van der Waals surface area contributed by atoms with E-state index >= 15 is 0 Å². The summed E-state index contributed by atoms with van der Waals surface area (Å²) in [5.41, 5.74) is 1.10. The van der Waals surface area contributed by atoms with Gasteiger partial charge in [-0.15, -0.1) is 0 Å². The van der Waals surface area contributed by atoms with Crippen LogP contribution in [0.4, 0.5) is 0 Å². The molecule has 0 atom stereocenters. The Kier molecular flexibility index (Phi) is 2.33. The van der Waals surface area contributed by atoms with E-state index in [1.165, 1.54) is 0 Å². The number of halogens is 1. The highest BCUT2D eigenvalue weighted by molar-refractivity contribution is 9.10. The van der Waals surface area contributed by atoms with Gasteiger partial charge in [-0.3, -0.25) is 0 Å². The lowest BCUT2D eigenvalue weighted by atomic mass is 10.2. The molecule has 0 N–H and O–H groups in total. The summed E-state index contributed by atoms with van der Waals surface area (Å²) in [5, 5.41) is 0. The minimum absolute atomic E-state index is 0.825. The molecule has 0 aromatic heterocycles. The fourth-order valence-electron chi connectivity index (χ4n) is 0.708. The lowest BCUT2D eigenvalue weighted by Crippen LogP contribution is -1.84. The second kappa shape index (κ2) is 3.06. The summed E-state index contributed by atoms with van der Waals surface area (Å²) in [7, 11) is 1.64. The highest BCUT2D eigenvalue weighted by Crippen LogP contribution is 2.24. The van der Waals surface area contributed by atoms with E-state index in [2.05, 4.69) is 22.0 Å². The maximum absolute atomic E-state index is 5.02.